The maximum atomic E-state index is 5.43. The average Bonchev–Trinajstić information content (AvgIpc) is 3.15. The summed E-state index contributed by atoms with van der Waals surface area (Å²) in [5.41, 5.74) is 3.54. The molecule has 0 saturated heterocycles. The summed E-state index contributed by atoms with van der Waals surface area (Å²) >= 11 is 0. The van der Waals surface area contributed by atoms with Crippen molar-refractivity contribution in [1.29, 1.82) is 0 Å². The van der Waals surface area contributed by atoms with Gasteiger partial charge in [0.1, 0.15) is 5.76 Å². The Morgan fingerprint density at radius 3 is 2.86 bits per heavy atom. The van der Waals surface area contributed by atoms with E-state index in [9.17, 15) is 0 Å². The fraction of sp³-hybridized carbons (Fsp3) is 0.250. The van der Waals surface area contributed by atoms with Gasteiger partial charge in [-0.2, -0.15) is 4.98 Å². The summed E-state index contributed by atoms with van der Waals surface area (Å²) in [7, 11) is 0. The van der Waals surface area contributed by atoms with E-state index in [0.717, 1.165) is 24.3 Å². The fourth-order valence-electron chi connectivity index (χ4n) is 2.73. The van der Waals surface area contributed by atoms with Gasteiger partial charge in [-0.05, 0) is 30.5 Å². The Morgan fingerprint density at radius 1 is 1.19 bits per heavy atom. The number of aromatic nitrogens is 2. The molecule has 0 fully saturated rings. The zero-order valence-electron chi connectivity index (χ0n) is 11.7. The minimum atomic E-state index is 0.0633. The number of furan rings is 1. The average molecular weight is 281 g/mol. The Hall–Kier alpha value is -2.40. The lowest BCUT2D eigenvalue weighted by Gasteiger charge is -2.23. The van der Waals surface area contributed by atoms with Crippen molar-refractivity contribution >= 4 is 0 Å². The Morgan fingerprint density at radius 2 is 2.05 bits per heavy atom. The monoisotopic (exact) mass is 281 g/mol. The molecule has 1 atom stereocenters. The van der Waals surface area contributed by atoms with E-state index < -0.39 is 0 Å². The third-order valence-electron chi connectivity index (χ3n) is 3.92. The smallest absolute Gasteiger partial charge is 0.244 e. The zero-order chi connectivity index (χ0) is 14.2. The molecule has 1 aromatic carbocycles. The van der Waals surface area contributed by atoms with E-state index in [1.807, 2.05) is 13.0 Å². The molecule has 1 aliphatic rings. The van der Waals surface area contributed by atoms with E-state index in [1.165, 1.54) is 11.1 Å². The molecule has 4 rings (SSSR count). The normalized spacial score (nSPS) is 17.7. The SMILES string of the molecule is Cc1occc1-c1noc(C2Cc3ccccc3CN2)n1. The molecule has 0 amide bonds. The Balaban J connectivity index is 1.61. The van der Waals surface area contributed by atoms with Crippen LogP contribution in [0.2, 0.25) is 0 Å². The van der Waals surface area contributed by atoms with Gasteiger partial charge in [-0.15, -0.1) is 0 Å². The van der Waals surface area contributed by atoms with Crippen molar-refractivity contribution in [3.63, 3.8) is 0 Å². The first-order chi connectivity index (χ1) is 10.3. The summed E-state index contributed by atoms with van der Waals surface area (Å²) in [5, 5.41) is 7.51. The van der Waals surface area contributed by atoms with Crippen LogP contribution in [0, 0.1) is 6.92 Å². The quantitative estimate of drug-likeness (QED) is 0.782. The predicted molar refractivity (Wildman–Crippen MR) is 76.5 cm³/mol. The highest BCUT2D eigenvalue weighted by molar-refractivity contribution is 5.56. The highest BCUT2D eigenvalue weighted by Gasteiger charge is 2.24. The summed E-state index contributed by atoms with van der Waals surface area (Å²) in [4.78, 5) is 4.51. The van der Waals surface area contributed by atoms with E-state index in [-0.39, 0.29) is 6.04 Å². The molecule has 5 heteroatoms. The van der Waals surface area contributed by atoms with Crippen molar-refractivity contribution in [2.75, 3.05) is 0 Å². The number of benzene rings is 1. The van der Waals surface area contributed by atoms with Crippen LogP contribution >= 0.6 is 0 Å². The Bertz CT molecular complexity index is 775. The lowest BCUT2D eigenvalue weighted by Crippen LogP contribution is -2.28. The summed E-state index contributed by atoms with van der Waals surface area (Å²) in [6, 6.07) is 10.3. The van der Waals surface area contributed by atoms with Crippen LogP contribution in [-0.2, 0) is 13.0 Å². The minimum Gasteiger partial charge on any atom is -0.469 e. The zero-order valence-corrected chi connectivity index (χ0v) is 11.7. The molecule has 21 heavy (non-hydrogen) atoms. The Labute approximate surface area is 122 Å². The molecular formula is C16H15N3O2. The molecule has 2 aromatic heterocycles. The lowest BCUT2D eigenvalue weighted by atomic mass is 9.96. The highest BCUT2D eigenvalue weighted by Crippen LogP contribution is 2.27. The predicted octanol–water partition coefficient (Wildman–Crippen LogP) is 3.03. The van der Waals surface area contributed by atoms with Crippen LogP contribution in [-0.4, -0.2) is 10.1 Å². The maximum absolute atomic E-state index is 5.43. The molecule has 0 radical (unpaired) electrons. The van der Waals surface area contributed by atoms with Crippen LogP contribution in [0.4, 0.5) is 0 Å². The second-order valence-corrected chi connectivity index (χ2v) is 5.25. The standard InChI is InChI=1S/C16H15N3O2/c1-10-13(6-7-20-10)15-18-16(21-19-15)14-8-11-4-2-3-5-12(11)9-17-14/h2-7,14,17H,8-9H2,1H3. The van der Waals surface area contributed by atoms with Crippen molar-refractivity contribution < 1.29 is 8.94 Å². The number of rotatable bonds is 2. The number of nitrogens with one attached hydrogen (secondary N) is 1. The molecule has 106 valence electrons. The summed E-state index contributed by atoms with van der Waals surface area (Å²) in [5.74, 6) is 2.00. The summed E-state index contributed by atoms with van der Waals surface area (Å²) in [6.07, 6.45) is 2.50. The first kappa shape index (κ1) is 12.3. The molecule has 1 unspecified atom stereocenters. The van der Waals surface area contributed by atoms with Crippen molar-refractivity contribution in [2.24, 2.45) is 0 Å². The van der Waals surface area contributed by atoms with Crippen molar-refractivity contribution in [3.05, 3.63) is 59.4 Å². The topological polar surface area (TPSA) is 64.1 Å². The molecule has 5 nitrogen and oxygen atoms in total. The second-order valence-electron chi connectivity index (χ2n) is 5.25. The summed E-state index contributed by atoms with van der Waals surface area (Å²) in [6.45, 7) is 2.71. The largest absolute Gasteiger partial charge is 0.469 e. The number of fused-ring (bicyclic) bond motifs is 1. The molecule has 0 saturated carbocycles. The fourth-order valence-corrected chi connectivity index (χ4v) is 2.73. The van der Waals surface area contributed by atoms with Gasteiger partial charge in [0.25, 0.3) is 0 Å². The van der Waals surface area contributed by atoms with Crippen LogP contribution in [0.3, 0.4) is 0 Å². The molecule has 0 bridgehead atoms. The minimum absolute atomic E-state index is 0.0633. The van der Waals surface area contributed by atoms with Gasteiger partial charge in [0.2, 0.25) is 11.7 Å². The van der Waals surface area contributed by atoms with E-state index in [0.29, 0.717) is 11.7 Å². The highest BCUT2D eigenvalue weighted by atomic mass is 16.5. The van der Waals surface area contributed by atoms with Crippen molar-refractivity contribution in [1.82, 2.24) is 15.5 Å². The van der Waals surface area contributed by atoms with Crippen LogP contribution in [0.25, 0.3) is 11.4 Å². The van der Waals surface area contributed by atoms with Gasteiger partial charge in [-0.25, -0.2) is 0 Å². The van der Waals surface area contributed by atoms with E-state index in [2.05, 4.69) is 39.7 Å². The van der Waals surface area contributed by atoms with Gasteiger partial charge in [-0.3, -0.25) is 0 Å². The van der Waals surface area contributed by atoms with Crippen molar-refractivity contribution in [3.8, 4) is 11.4 Å². The number of hydrogen-bond donors (Lipinski definition) is 1. The number of nitrogens with zero attached hydrogens (tertiary/aromatic N) is 2. The maximum Gasteiger partial charge on any atom is 0.244 e. The second kappa shape index (κ2) is 4.86. The van der Waals surface area contributed by atoms with Crippen LogP contribution < -0.4 is 5.32 Å². The third kappa shape index (κ3) is 2.15. The molecule has 3 heterocycles. The van der Waals surface area contributed by atoms with Gasteiger partial charge in [0.15, 0.2) is 0 Å². The molecule has 0 aliphatic carbocycles. The molecule has 1 N–H and O–H groups in total. The number of hydrogen-bond acceptors (Lipinski definition) is 5. The molecule has 3 aromatic rings. The molecule has 0 spiro atoms. The van der Waals surface area contributed by atoms with E-state index >= 15 is 0 Å². The lowest BCUT2D eigenvalue weighted by molar-refractivity contribution is 0.321. The van der Waals surface area contributed by atoms with Crippen molar-refractivity contribution in [2.45, 2.75) is 25.9 Å². The first-order valence-corrected chi connectivity index (χ1v) is 6.99. The van der Waals surface area contributed by atoms with Crippen LogP contribution in [0.15, 0.2) is 45.5 Å². The van der Waals surface area contributed by atoms with Gasteiger partial charge >= 0.3 is 0 Å². The van der Waals surface area contributed by atoms with Gasteiger partial charge < -0.3 is 14.3 Å². The van der Waals surface area contributed by atoms with E-state index in [1.54, 1.807) is 6.26 Å². The third-order valence-corrected chi connectivity index (χ3v) is 3.92. The van der Waals surface area contributed by atoms with Gasteiger partial charge in [0, 0.05) is 6.54 Å². The number of aryl methyl sites for hydroxylation is 1. The first-order valence-electron chi connectivity index (χ1n) is 6.99. The summed E-state index contributed by atoms with van der Waals surface area (Å²) < 4.78 is 10.7. The van der Waals surface area contributed by atoms with Gasteiger partial charge in [-0.1, -0.05) is 29.4 Å². The van der Waals surface area contributed by atoms with Crippen LogP contribution in [0.5, 0.6) is 0 Å². The van der Waals surface area contributed by atoms with Gasteiger partial charge in [0.05, 0.1) is 17.9 Å². The Kier molecular flexibility index (Phi) is 2.86. The van der Waals surface area contributed by atoms with Crippen LogP contribution in [0.1, 0.15) is 28.8 Å². The van der Waals surface area contributed by atoms with E-state index in [4.69, 9.17) is 8.94 Å². The molecular weight excluding hydrogens is 266 g/mol. The molecule has 1 aliphatic heterocycles.